The van der Waals surface area contributed by atoms with Crippen molar-refractivity contribution in [1.82, 2.24) is 4.90 Å². The molecular formula is C35H40N2O3. The zero-order chi connectivity index (χ0) is 27.5. The molecule has 1 fully saturated rings. The molecular weight excluding hydrogens is 496 g/mol. The van der Waals surface area contributed by atoms with Crippen LogP contribution in [0.2, 0.25) is 0 Å². The van der Waals surface area contributed by atoms with Gasteiger partial charge in [0.2, 0.25) is 0 Å². The zero-order valence-corrected chi connectivity index (χ0v) is 23.7. The van der Waals surface area contributed by atoms with E-state index in [9.17, 15) is 4.79 Å². The SMILES string of the molecule is COc1cc2c(cc1OCC(C)C1=CCc3ccccc3N1)C(=O)C(CC1CCN(Cc3ccccc3)CC1)C2. The number of fused-ring (bicyclic) bond motifs is 2. The van der Waals surface area contributed by atoms with Crippen molar-refractivity contribution >= 4 is 11.5 Å². The van der Waals surface area contributed by atoms with Crippen LogP contribution in [0.25, 0.3) is 0 Å². The number of nitrogens with one attached hydrogen (secondary N) is 1. The molecule has 0 radical (unpaired) electrons. The maximum Gasteiger partial charge on any atom is 0.166 e. The van der Waals surface area contributed by atoms with Crippen molar-refractivity contribution in [2.45, 2.75) is 45.6 Å². The summed E-state index contributed by atoms with van der Waals surface area (Å²) in [6, 6.07) is 23.1. The third-order valence-corrected chi connectivity index (χ3v) is 8.92. The van der Waals surface area contributed by atoms with Gasteiger partial charge < -0.3 is 14.8 Å². The van der Waals surface area contributed by atoms with Gasteiger partial charge in [0, 0.05) is 35.3 Å². The first-order valence-electron chi connectivity index (χ1n) is 14.8. The molecule has 0 saturated carbocycles. The topological polar surface area (TPSA) is 50.8 Å². The lowest BCUT2D eigenvalue weighted by atomic mass is 9.85. The van der Waals surface area contributed by atoms with Crippen LogP contribution < -0.4 is 14.8 Å². The van der Waals surface area contributed by atoms with Crippen molar-refractivity contribution < 1.29 is 14.3 Å². The standard InChI is InChI=1S/C35H40N2O3/c1-24(31-13-12-27-10-6-7-11-32(27)36-31)23-40-34-21-30-28(20-33(34)39-2)19-29(35(30)38)18-25-14-16-37(17-15-25)22-26-8-4-3-5-9-26/h3-11,13,20-21,24-25,29,36H,12,14-19,22-23H2,1-2H3. The van der Waals surface area contributed by atoms with Crippen LogP contribution in [-0.4, -0.2) is 37.5 Å². The average molecular weight is 537 g/mol. The number of hydrogen-bond acceptors (Lipinski definition) is 5. The smallest absolute Gasteiger partial charge is 0.166 e. The van der Waals surface area contributed by atoms with E-state index in [-0.39, 0.29) is 17.6 Å². The largest absolute Gasteiger partial charge is 0.493 e. The Kier molecular flexibility index (Phi) is 7.92. The van der Waals surface area contributed by atoms with Crippen molar-refractivity contribution in [1.29, 1.82) is 0 Å². The number of para-hydroxylation sites is 1. The highest BCUT2D eigenvalue weighted by Gasteiger charge is 2.34. The molecule has 2 aliphatic heterocycles. The molecule has 0 bridgehead atoms. The molecule has 208 valence electrons. The van der Waals surface area contributed by atoms with E-state index in [0.29, 0.717) is 24.0 Å². The molecule has 2 heterocycles. The highest BCUT2D eigenvalue weighted by molar-refractivity contribution is 6.02. The van der Waals surface area contributed by atoms with E-state index in [1.165, 1.54) is 22.5 Å². The number of carbonyl (C=O) groups is 1. The van der Waals surface area contributed by atoms with Crippen molar-refractivity contribution in [3.63, 3.8) is 0 Å². The predicted octanol–water partition coefficient (Wildman–Crippen LogP) is 6.92. The Morgan fingerprint density at radius 2 is 1.75 bits per heavy atom. The van der Waals surface area contributed by atoms with Crippen LogP contribution in [0.15, 0.2) is 78.5 Å². The lowest BCUT2D eigenvalue weighted by Crippen LogP contribution is -2.34. The first-order valence-corrected chi connectivity index (χ1v) is 14.8. The first-order chi connectivity index (χ1) is 19.6. The van der Waals surface area contributed by atoms with E-state index in [2.05, 4.69) is 77.8 Å². The van der Waals surface area contributed by atoms with Crippen LogP contribution in [-0.2, 0) is 19.4 Å². The first kappa shape index (κ1) is 26.6. The molecule has 0 spiro atoms. The number of ether oxygens (including phenoxy) is 2. The third kappa shape index (κ3) is 5.80. The predicted molar refractivity (Wildman–Crippen MR) is 160 cm³/mol. The minimum atomic E-state index is 0.0659. The van der Waals surface area contributed by atoms with Crippen molar-refractivity contribution in [3.05, 3.63) is 101 Å². The number of piperidine rings is 1. The Labute approximate surface area is 238 Å². The number of allylic oxidation sites excluding steroid dienone is 1. The van der Waals surface area contributed by atoms with E-state index in [4.69, 9.17) is 9.47 Å². The van der Waals surface area contributed by atoms with Gasteiger partial charge in [-0.3, -0.25) is 9.69 Å². The van der Waals surface area contributed by atoms with E-state index in [1.54, 1.807) is 7.11 Å². The lowest BCUT2D eigenvalue weighted by Gasteiger charge is -2.32. The fourth-order valence-electron chi connectivity index (χ4n) is 6.54. The molecule has 3 aliphatic rings. The monoisotopic (exact) mass is 536 g/mol. The quantitative estimate of drug-likeness (QED) is 0.322. The van der Waals surface area contributed by atoms with E-state index < -0.39 is 0 Å². The van der Waals surface area contributed by atoms with Gasteiger partial charge in [0.15, 0.2) is 17.3 Å². The molecule has 3 aromatic carbocycles. The van der Waals surface area contributed by atoms with Gasteiger partial charge in [0.25, 0.3) is 0 Å². The van der Waals surface area contributed by atoms with Gasteiger partial charge in [-0.2, -0.15) is 0 Å². The van der Waals surface area contributed by atoms with E-state index in [1.807, 2.05) is 12.1 Å². The molecule has 1 aliphatic carbocycles. The molecule has 0 aromatic heterocycles. The van der Waals surface area contributed by atoms with Gasteiger partial charge >= 0.3 is 0 Å². The van der Waals surface area contributed by atoms with Crippen molar-refractivity contribution in [2.24, 2.45) is 17.8 Å². The normalized spacial score (nSPS) is 19.8. The number of Topliss-reactive ketones (excluding diaryl/α,β-unsaturated/α-hetero) is 1. The van der Waals surface area contributed by atoms with Crippen LogP contribution in [0.1, 0.15) is 53.2 Å². The second-order valence-electron chi connectivity index (χ2n) is 11.7. The lowest BCUT2D eigenvalue weighted by molar-refractivity contribution is 0.0895. The fraction of sp³-hybridized carbons (Fsp3) is 0.400. The van der Waals surface area contributed by atoms with Crippen LogP contribution >= 0.6 is 0 Å². The number of ketones is 1. The maximum absolute atomic E-state index is 13.5. The molecule has 5 heteroatoms. The molecule has 3 aromatic rings. The van der Waals surface area contributed by atoms with Crippen LogP contribution in [0.5, 0.6) is 11.5 Å². The number of anilines is 1. The average Bonchev–Trinajstić information content (AvgIpc) is 3.30. The summed E-state index contributed by atoms with van der Waals surface area (Å²) in [7, 11) is 1.68. The summed E-state index contributed by atoms with van der Waals surface area (Å²) >= 11 is 0. The summed E-state index contributed by atoms with van der Waals surface area (Å²) in [6.45, 7) is 5.90. The van der Waals surface area contributed by atoms with Crippen LogP contribution in [0.3, 0.4) is 0 Å². The Bertz CT molecular complexity index is 1370. The Balaban J connectivity index is 1.04. The number of methoxy groups -OCH3 is 1. The number of benzene rings is 3. The minimum absolute atomic E-state index is 0.0659. The molecule has 0 amide bonds. The summed E-state index contributed by atoms with van der Waals surface area (Å²) in [5.41, 5.74) is 6.94. The number of hydrogen-bond donors (Lipinski definition) is 1. The molecule has 40 heavy (non-hydrogen) atoms. The molecule has 2 atom stereocenters. The van der Waals surface area contributed by atoms with Gasteiger partial charge in [-0.25, -0.2) is 0 Å². The highest BCUT2D eigenvalue weighted by atomic mass is 16.5. The number of likely N-dealkylation sites (tertiary alicyclic amines) is 1. The number of carbonyl (C=O) groups excluding carboxylic acids is 1. The minimum Gasteiger partial charge on any atom is -0.493 e. The van der Waals surface area contributed by atoms with E-state index >= 15 is 0 Å². The molecule has 1 N–H and O–H groups in total. The summed E-state index contributed by atoms with van der Waals surface area (Å²) in [5.74, 6) is 2.50. The number of nitrogens with zero attached hydrogens (tertiary/aromatic N) is 1. The second kappa shape index (κ2) is 11.9. The van der Waals surface area contributed by atoms with Crippen molar-refractivity contribution in [3.8, 4) is 11.5 Å². The van der Waals surface area contributed by atoms with Gasteiger partial charge in [-0.15, -0.1) is 0 Å². The second-order valence-corrected chi connectivity index (χ2v) is 11.7. The van der Waals surface area contributed by atoms with Gasteiger partial charge in [-0.05, 0) is 86.0 Å². The third-order valence-electron chi connectivity index (χ3n) is 8.92. The van der Waals surface area contributed by atoms with Crippen molar-refractivity contribution in [2.75, 3.05) is 32.1 Å². The number of rotatable bonds is 9. The summed E-state index contributed by atoms with van der Waals surface area (Å²) < 4.78 is 12.0. The van der Waals surface area contributed by atoms with Gasteiger partial charge in [0.05, 0.1) is 13.7 Å². The summed E-state index contributed by atoms with van der Waals surface area (Å²) in [5, 5.41) is 3.56. The maximum atomic E-state index is 13.5. The van der Waals surface area contributed by atoms with Gasteiger partial charge in [0.1, 0.15) is 0 Å². The summed E-state index contributed by atoms with van der Waals surface area (Å²) in [6.07, 6.45) is 7.28. The molecule has 2 unspecified atom stereocenters. The molecule has 6 rings (SSSR count). The Morgan fingerprint density at radius 3 is 2.55 bits per heavy atom. The van der Waals surface area contributed by atoms with Crippen LogP contribution in [0, 0.1) is 17.8 Å². The Morgan fingerprint density at radius 1 is 0.975 bits per heavy atom. The molecule has 5 nitrogen and oxygen atoms in total. The fourth-order valence-corrected chi connectivity index (χ4v) is 6.54. The zero-order valence-electron chi connectivity index (χ0n) is 23.7. The highest BCUT2D eigenvalue weighted by Crippen LogP contribution is 2.40. The summed E-state index contributed by atoms with van der Waals surface area (Å²) in [4.78, 5) is 16.1. The van der Waals surface area contributed by atoms with Gasteiger partial charge in [-0.1, -0.05) is 61.5 Å². The molecule has 1 saturated heterocycles. The van der Waals surface area contributed by atoms with E-state index in [0.717, 1.165) is 62.9 Å². The Hall–Kier alpha value is -3.57. The van der Waals surface area contributed by atoms with Crippen LogP contribution in [0.4, 0.5) is 5.69 Å².